The number of aryl methyl sites for hydroxylation is 2. The van der Waals surface area contributed by atoms with Gasteiger partial charge >= 0.3 is 0 Å². The maximum atomic E-state index is 13.8. The first kappa shape index (κ1) is 29.1. The van der Waals surface area contributed by atoms with Crippen LogP contribution in [0, 0.1) is 19.3 Å². The van der Waals surface area contributed by atoms with Crippen molar-refractivity contribution >= 4 is 50.9 Å². The van der Waals surface area contributed by atoms with Gasteiger partial charge in [0.25, 0.3) is 11.8 Å². The fourth-order valence-corrected chi connectivity index (χ4v) is 5.85. The molecular weight excluding hydrogens is 556 g/mol. The van der Waals surface area contributed by atoms with E-state index in [4.69, 9.17) is 5.41 Å². The number of aliphatic hydroxyl groups excluding tert-OH is 1. The van der Waals surface area contributed by atoms with Crippen LogP contribution in [0.4, 0.5) is 10.7 Å². The lowest BCUT2D eigenvalue weighted by molar-refractivity contribution is 0.0788. The first-order valence-electron chi connectivity index (χ1n) is 13.9. The predicted molar refractivity (Wildman–Crippen MR) is 161 cm³/mol. The monoisotopic (exact) mass is 590 g/mol. The molecule has 2 unspecified atom stereocenters. The van der Waals surface area contributed by atoms with E-state index in [2.05, 4.69) is 25.0 Å². The average Bonchev–Trinajstić information content (AvgIpc) is 3.71. The summed E-state index contributed by atoms with van der Waals surface area (Å²) in [7, 11) is 0. The van der Waals surface area contributed by atoms with E-state index in [1.54, 1.807) is 49.2 Å². The van der Waals surface area contributed by atoms with Crippen molar-refractivity contribution in [3.8, 4) is 5.88 Å². The lowest BCUT2D eigenvalue weighted by atomic mass is 10.1. The van der Waals surface area contributed by atoms with Crippen molar-refractivity contribution in [1.82, 2.24) is 29.1 Å². The molecule has 4 heterocycles. The number of benzene rings is 1. The molecule has 1 amide bonds. The van der Waals surface area contributed by atoms with Gasteiger partial charge in [0.1, 0.15) is 27.9 Å². The van der Waals surface area contributed by atoms with Crippen molar-refractivity contribution < 1.29 is 19.8 Å². The van der Waals surface area contributed by atoms with Crippen LogP contribution in [-0.2, 0) is 0 Å². The number of anilines is 2. The zero-order chi connectivity index (χ0) is 30.1. The van der Waals surface area contributed by atoms with E-state index in [1.807, 2.05) is 13.8 Å². The van der Waals surface area contributed by atoms with E-state index < -0.39 is 12.1 Å². The van der Waals surface area contributed by atoms with Gasteiger partial charge < -0.3 is 25.7 Å². The van der Waals surface area contributed by atoms with E-state index in [9.17, 15) is 19.8 Å². The first-order chi connectivity index (χ1) is 20.1. The number of aromatic nitrogens is 4. The number of hydrogen-bond acceptors (Lipinski definition) is 10. The largest absolute Gasteiger partial charge is 0.492 e. The summed E-state index contributed by atoms with van der Waals surface area (Å²) < 4.78 is 5.43. The molecule has 1 aliphatic rings. The maximum Gasteiger partial charge on any atom is 0.273 e. The number of carbonyl (C=O) groups is 2. The fraction of sp³-hybridized carbons (Fsp3) is 0.379. The molecule has 0 bridgehead atoms. The van der Waals surface area contributed by atoms with Crippen molar-refractivity contribution in [1.29, 1.82) is 5.41 Å². The van der Waals surface area contributed by atoms with Crippen LogP contribution in [0.15, 0.2) is 30.5 Å². The van der Waals surface area contributed by atoms with E-state index in [-0.39, 0.29) is 29.1 Å². The van der Waals surface area contributed by atoms with Crippen LogP contribution in [0.2, 0.25) is 0 Å². The van der Waals surface area contributed by atoms with Crippen LogP contribution in [0.5, 0.6) is 5.88 Å². The zero-order valence-electron chi connectivity index (χ0n) is 23.9. The van der Waals surface area contributed by atoms with Crippen LogP contribution >= 0.6 is 11.5 Å². The van der Waals surface area contributed by atoms with Gasteiger partial charge in [-0.15, -0.1) is 0 Å². The summed E-state index contributed by atoms with van der Waals surface area (Å²) in [5.74, 6) is -0.473. The number of nitrogens with zero attached hydrogens (tertiary/aromatic N) is 5. The molecule has 1 aromatic carbocycles. The lowest BCUT2D eigenvalue weighted by Crippen LogP contribution is -2.40. The molecule has 1 aliphatic heterocycles. The van der Waals surface area contributed by atoms with Crippen LogP contribution in [-0.4, -0.2) is 76.9 Å². The Kier molecular flexibility index (Phi) is 8.23. The third-order valence-electron chi connectivity index (χ3n) is 7.42. The maximum absolute atomic E-state index is 13.8. The third-order valence-corrected chi connectivity index (χ3v) is 8.17. The highest BCUT2D eigenvalue weighted by atomic mass is 32.1. The Morgan fingerprint density at radius 2 is 1.90 bits per heavy atom. The molecule has 5 N–H and O–H groups in total. The van der Waals surface area contributed by atoms with Crippen LogP contribution in [0.25, 0.3) is 11.0 Å². The van der Waals surface area contributed by atoms with Gasteiger partial charge in [-0.25, -0.2) is 9.97 Å². The predicted octanol–water partition coefficient (Wildman–Crippen LogP) is 3.95. The molecule has 4 aromatic rings. The molecule has 0 aliphatic carbocycles. The van der Waals surface area contributed by atoms with Gasteiger partial charge in [-0.05, 0) is 75.3 Å². The Balaban J connectivity index is 1.44. The number of carbonyl (C=O) groups excluding carboxylic acids is 2. The second-order valence-electron chi connectivity index (χ2n) is 10.5. The van der Waals surface area contributed by atoms with Gasteiger partial charge in [0.2, 0.25) is 5.88 Å². The van der Waals surface area contributed by atoms with E-state index in [1.165, 1.54) is 4.57 Å². The number of amidine groups is 1. The number of fused-ring (bicyclic) bond motifs is 1. The van der Waals surface area contributed by atoms with Gasteiger partial charge in [0, 0.05) is 30.5 Å². The minimum absolute atomic E-state index is 0.0837. The quantitative estimate of drug-likeness (QED) is 0.151. The Bertz CT molecular complexity index is 1670. The zero-order valence-corrected chi connectivity index (χ0v) is 24.7. The topological polar surface area (TPSA) is 169 Å². The molecule has 0 radical (unpaired) electrons. The molecule has 0 spiro atoms. The van der Waals surface area contributed by atoms with Crippen molar-refractivity contribution in [2.24, 2.45) is 0 Å². The molecular formula is C29H34N8O4S. The van der Waals surface area contributed by atoms with Gasteiger partial charge in [-0.2, -0.15) is 4.37 Å². The van der Waals surface area contributed by atoms with Gasteiger partial charge in [0.15, 0.2) is 5.65 Å². The highest BCUT2D eigenvalue weighted by Gasteiger charge is 2.27. The molecule has 42 heavy (non-hydrogen) atoms. The second kappa shape index (κ2) is 11.9. The molecule has 12 nitrogen and oxygen atoms in total. The normalized spacial score (nSPS) is 14.6. The fourth-order valence-electron chi connectivity index (χ4n) is 5.14. The van der Waals surface area contributed by atoms with Gasteiger partial charge in [-0.3, -0.25) is 19.6 Å². The third kappa shape index (κ3) is 5.57. The number of likely N-dealkylation sites (tertiary alicyclic amines) is 1. The van der Waals surface area contributed by atoms with Crippen LogP contribution in [0.3, 0.4) is 0 Å². The average molecular weight is 591 g/mol. The standard InChI is InChI=1S/C29H34N8O4S/c1-5-20(38)16(3)31-24(30)22-26(39)35-42-27(22)34-19-10-8-9-18(13-19)28(40)37-14-15(2)21-23(32-17(4)33-25(21)37)29(41)36-11-6-7-12-36/h8-10,13-14,16,20,34,38H,5-7,11-12H2,1-4H3,(H2,30,31)(H,35,39). The number of nitrogens with one attached hydrogen (secondary N) is 3. The minimum Gasteiger partial charge on any atom is -0.492 e. The highest BCUT2D eigenvalue weighted by Crippen LogP contribution is 2.33. The van der Waals surface area contributed by atoms with Crippen LogP contribution < -0.4 is 10.6 Å². The Morgan fingerprint density at radius 1 is 1.17 bits per heavy atom. The summed E-state index contributed by atoms with van der Waals surface area (Å²) in [6, 6.07) is 6.42. The molecule has 3 aromatic heterocycles. The summed E-state index contributed by atoms with van der Waals surface area (Å²) >= 11 is 0.975. The number of amides is 1. The summed E-state index contributed by atoms with van der Waals surface area (Å²) in [5.41, 5.74) is 2.50. The number of hydrogen-bond donors (Lipinski definition) is 5. The minimum atomic E-state index is -0.657. The van der Waals surface area contributed by atoms with Gasteiger partial charge in [0.05, 0.1) is 17.5 Å². The highest BCUT2D eigenvalue weighted by molar-refractivity contribution is 7.11. The number of rotatable bonds is 8. The van der Waals surface area contributed by atoms with Crippen molar-refractivity contribution in [2.45, 2.75) is 59.1 Å². The summed E-state index contributed by atoms with van der Waals surface area (Å²) in [5, 5.41) is 35.9. The SMILES string of the molecule is CCC(O)C(C)NC(=N)c1c(O)nsc1Nc1cccc(C(=O)n2cc(C)c3c(C(=O)N4CCCC4)nc(C)nc32)c1. The molecule has 13 heteroatoms. The summed E-state index contributed by atoms with van der Waals surface area (Å²) in [6.07, 6.45) is 3.46. The molecule has 220 valence electrons. The molecule has 1 fully saturated rings. The Labute approximate surface area is 247 Å². The van der Waals surface area contributed by atoms with E-state index in [0.717, 1.165) is 29.9 Å². The molecule has 2 atom stereocenters. The summed E-state index contributed by atoms with van der Waals surface area (Å²) in [4.78, 5) is 37.9. The molecule has 1 saturated heterocycles. The van der Waals surface area contributed by atoms with Crippen molar-refractivity contribution in [3.63, 3.8) is 0 Å². The first-order valence-corrected chi connectivity index (χ1v) is 14.7. The van der Waals surface area contributed by atoms with Gasteiger partial charge in [-0.1, -0.05) is 13.0 Å². The Morgan fingerprint density at radius 3 is 2.62 bits per heavy atom. The lowest BCUT2D eigenvalue weighted by Gasteiger charge is -2.20. The van der Waals surface area contributed by atoms with Crippen molar-refractivity contribution in [3.05, 3.63) is 58.7 Å². The number of aromatic hydroxyl groups is 1. The molecule has 0 saturated carbocycles. The Hall–Kier alpha value is -4.36. The van der Waals surface area contributed by atoms with Crippen LogP contribution in [0.1, 0.15) is 70.9 Å². The summed E-state index contributed by atoms with van der Waals surface area (Å²) in [6.45, 7) is 8.53. The number of aliphatic hydroxyl groups is 1. The van der Waals surface area contributed by atoms with E-state index >= 15 is 0 Å². The van der Waals surface area contributed by atoms with E-state index in [0.29, 0.717) is 58.3 Å². The smallest absolute Gasteiger partial charge is 0.273 e. The molecule has 5 rings (SSSR count). The van der Waals surface area contributed by atoms with Crippen molar-refractivity contribution in [2.75, 3.05) is 18.4 Å². The second-order valence-corrected chi connectivity index (χ2v) is 11.3.